The molecule has 4 atom stereocenters. The Balaban J connectivity index is 1.53. The first-order chi connectivity index (χ1) is 13.4. The highest BCUT2D eigenvalue weighted by atomic mass is 35.5. The molecule has 152 valence electrons. The van der Waals surface area contributed by atoms with E-state index in [2.05, 4.69) is 25.1 Å². The van der Waals surface area contributed by atoms with E-state index in [0.29, 0.717) is 10.9 Å². The van der Waals surface area contributed by atoms with Crippen LogP contribution in [0.25, 0.3) is 6.08 Å². The van der Waals surface area contributed by atoms with Crippen LogP contribution >= 0.6 is 11.6 Å². The van der Waals surface area contributed by atoms with Crippen molar-refractivity contribution in [2.45, 2.75) is 44.6 Å². The van der Waals surface area contributed by atoms with Crippen molar-refractivity contribution in [3.8, 4) is 0 Å². The molecule has 1 aromatic carbocycles. The molecule has 0 spiro atoms. The first-order valence-corrected chi connectivity index (χ1v) is 10.8. The van der Waals surface area contributed by atoms with E-state index in [1.807, 2.05) is 30.3 Å². The summed E-state index contributed by atoms with van der Waals surface area (Å²) in [7, 11) is 4.23. The van der Waals surface area contributed by atoms with E-state index in [9.17, 15) is 9.90 Å². The average Bonchev–Trinajstić information content (AvgIpc) is 3.15. The minimum atomic E-state index is -0.524. The molecule has 2 aliphatic carbocycles. The molecule has 2 aliphatic rings. The molecule has 0 saturated heterocycles. The van der Waals surface area contributed by atoms with Gasteiger partial charge in [0, 0.05) is 5.02 Å². The number of allylic oxidation sites excluding steroid dienone is 3. The second kappa shape index (κ2) is 9.87. The number of carbonyl (C=O) groups excluding carboxylic acids is 1. The third-order valence-electron chi connectivity index (χ3n) is 6.11. The van der Waals surface area contributed by atoms with Gasteiger partial charge < -0.3 is 10.0 Å². The molecular weight excluding hydrogens is 370 g/mol. The molecule has 1 N–H and O–H groups in total. The highest BCUT2D eigenvalue weighted by molar-refractivity contribution is 6.30. The first-order valence-electron chi connectivity index (χ1n) is 10.4. The molecule has 3 rings (SSSR count). The highest BCUT2D eigenvalue weighted by Gasteiger charge is 2.47. The number of hydrogen-bond acceptors (Lipinski definition) is 3. The van der Waals surface area contributed by atoms with Gasteiger partial charge >= 0.3 is 0 Å². The molecule has 0 radical (unpaired) electrons. The summed E-state index contributed by atoms with van der Waals surface area (Å²) in [5.41, 5.74) is 2.40. The summed E-state index contributed by atoms with van der Waals surface area (Å²) < 4.78 is 0. The summed E-state index contributed by atoms with van der Waals surface area (Å²) in [4.78, 5) is 15.0. The zero-order valence-corrected chi connectivity index (χ0v) is 17.7. The number of ketones is 1. The maximum atomic E-state index is 12.8. The quantitative estimate of drug-likeness (QED) is 0.360. The van der Waals surface area contributed by atoms with Gasteiger partial charge in [0.25, 0.3) is 0 Å². The molecule has 3 nitrogen and oxygen atoms in total. The van der Waals surface area contributed by atoms with Crippen LogP contribution in [0.15, 0.2) is 42.0 Å². The lowest BCUT2D eigenvalue weighted by Crippen LogP contribution is -2.27. The van der Waals surface area contributed by atoms with Crippen LogP contribution in [0, 0.1) is 17.8 Å². The molecule has 0 aromatic heterocycles. The molecule has 0 heterocycles. The number of rotatable bonds is 9. The Labute approximate surface area is 174 Å². The summed E-state index contributed by atoms with van der Waals surface area (Å²) >= 11 is 6.01. The number of fused-ring (bicyclic) bond motifs is 1. The fourth-order valence-electron chi connectivity index (χ4n) is 4.74. The summed E-state index contributed by atoms with van der Waals surface area (Å²) in [5.74, 6) is 0.395. The van der Waals surface area contributed by atoms with E-state index < -0.39 is 6.10 Å². The minimum absolute atomic E-state index is 0.0422. The fraction of sp³-hybridized carbons (Fsp3) is 0.542. The van der Waals surface area contributed by atoms with Gasteiger partial charge in [0.05, 0.1) is 12.0 Å². The number of hydrogen-bond donors (Lipinski definition) is 1. The zero-order valence-electron chi connectivity index (χ0n) is 17.0. The van der Waals surface area contributed by atoms with E-state index in [0.717, 1.165) is 31.4 Å². The van der Waals surface area contributed by atoms with Crippen molar-refractivity contribution in [2.24, 2.45) is 17.8 Å². The molecule has 1 aromatic rings. The van der Waals surface area contributed by atoms with Gasteiger partial charge in [-0.05, 0) is 88.4 Å². The number of benzene rings is 1. The number of carbonyl (C=O) groups is 1. The van der Waals surface area contributed by atoms with Crippen LogP contribution < -0.4 is 0 Å². The Morgan fingerprint density at radius 1 is 1.29 bits per heavy atom. The van der Waals surface area contributed by atoms with Gasteiger partial charge in [-0.1, -0.05) is 47.9 Å². The molecular formula is C24H32ClNO2. The normalized spacial score (nSPS) is 26.8. The number of unbranched alkanes of at least 4 members (excludes halogenated alkanes) is 2. The maximum Gasteiger partial charge on any atom is 0.161 e. The summed E-state index contributed by atoms with van der Waals surface area (Å²) in [6.07, 6.45) is 11.8. The van der Waals surface area contributed by atoms with Crippen molar-refractivity contribution in [2.75, 3.05) is 20.6 Å². The van der Waals surface area contributed by atoms with Crippen LogP contribution in [0.2, 0.25) is 5.02 Å². The van der Waals surface area contributed by atoms with E-state index in [1.54, 1.807) is 6.08 Å². The summed E-state index contributed by atoms with van der Waals surface area (Å²) in [5, 5.41) is 11.1. The van der Waals surface area contributed by atoms with Crippen LogP contribution in [0.5, 0.6) is 0 Å². The van der Waals surface area contributed by atoms with E-state index in [-0.39, 0.29) is 17.6 Å². The standard InChI is InChI=1S/C24H32ClNO2/c1-26(2)12-5-3-4-7-18-13-19-16-23(28)24(21(19)15-18)22(27)11-10-17-8-6-9-20(25)14-17/h6,8-11,13-14,19,21,23-24,28H,3-5,7,12,15-16H2,1-2H3/b11-10+/t19-,21?,23+,24-/m0/s1. The van der Waals surface area contributed by atoms with E-state index in [4.69, 9.17) is 11.6 Å². The van der Waals surface area contributed by atoms with Crippen LogP contribution in [-0.2, 0) is 4.79 Å². The van der Waals surface area contributed by atoms with Gasteiger partial charge in [-0.25, -0.2) is 0 Å². The average molecular weight is 402 g/mol. The van der Waals surface area contributed by atoms with E-state index >= 15 is 0 Å². The Hall–Kier alpha value is -1.42. The van der Waals surface area contributed by atoms with Gasteiger partial charge in [0.2, 0.25) is 0 Å². The first kappa shape index (κ1) is 21.3. The Morgan fingerprint density at radius 3 is 2.86 bits per heavy atom. The third-order valence-corrected chi connectivity index (χ3v) is 6.34. The van der Waals surface area contributed by atoms with Crippen molar-refractivity contribution < 1.29 is 9.90 Å². The van der Waals surface area contributed by atoms with Gasteiger partial charge in [0.1, 0.15) is 0 Å². The zero-order chi connectivity index (χ0) is 20.1. The predicted molar refractivity (Wildman–Crippen MR) is 116 cm³/mol. The third kappa shape index (κ3) is 5.56. The Bertz CT molecular complexity index is 740. The summed E-state index contributed by atoms with van der Waals surface area (Å²) in [6.45, 7) is 1.14. The van der Waals surface area contributed by atoms with Gasteiger partial charge in [-0.2, -0.15) is 0 Å². The van der Waals surface area contributed by atoms with Gasteiger partial charge in [-0.3, -0.25) is 4.79 Å². The van der Waals surface area contributed by atoms with Crippen LogP contribution in [0.1, 0.15) is 44.1 Å². The Morgan fingerprint density at radius 2 is 2.11 bits per heavy atom. The lowest BCUT2D eigenvalue weighted by molar-refractivity contribution is -0.121. The number of halogens is 1. The summed E-state index contributed by atoms with van der Waals surface area (Å²) in [6, 6.07) is 7.46. The smallest absolute Gasteiger partial charge is 0.161 e. The van der Waals surface area contributed by atoms with Gasteiger partial charge in [-0.15, -0.1) is 0 Å². The second-order valence-electron chi connectivity index (χ2n) is 8.59. The number of nitrogens with zero attached hydrogens (tertiary/aromatic N) is 1. The molecule has 0 bridgehead atoms. The molecule has 1 fully saturated rings. The van der Waals surface area contributed by atoms with E-state index in [1.165, 1.54) is 24.8 Å². The van der Waals surface area contributed by atoms with Crippen molar-refractivity contribution in [1.29, 1.82) is 0 Å². The highest BCUT2D eigenvalue weighted by Crippen LogP contribution is 2.48. The SMILES string of the molecule is CN(C)CCCCCC1=C[C@H]2C[C@@H](O)[C@H](C(=O)/C=C/c3cccc(Cl)c3)C2C1. The monoisotopic (exact) mass is 401 g/mol. The Kier molecular flexibility index (Phi) is 7.50. The van der Waals surface area contributed by atoms with Crippen LogP contribution in [0.4, 0.5) is 0 Å². The minimum Gasteiger partial charge on any atom is -0.392 e. The van der Waals surface area contributed by atoms with Crippen molar-refractivity contribution in [3.05, 3.63) is 52.6 Å². The second-order valence-corrected chi connectivity index (χ2v) is 9.03. The molecule has 1 unspecified atom stereocenters. The van der Waals surface area contributed by atoms with Gasteiger partial charge in [0.15, 0.2) is 5.78 Å². The maximum absolute atomic E-state index is 12.8. The van der Waals surface area contributed by atoms with Crippen molar-refractivity contribution in [3.63, 3.8) is 0 Å². The fourth-order valence-corrected chi connectivity index (χ4v) is 4.94. The molecule has 0 aliphatic heterocycles. The lowest BCUT2D eigenvalue weighted by atomic mass is 9.86. The largest absolute Gasteiger partial charge is 0.392 e. The van der Waals surface area contributed by atoms with Crippen LogP contribution in [-0.4, -0.2) is 42.5 Å². The molecule has 1 saturated carbocycles. The lowest BCUT2D eigenvalue weighted by Gasteiger charge is -2.19. The number of aliphatic hydroxyl groups is 1. The number of aliphatic hydroxyl groups excluding tert-OH is 1. The molecule has 0 amide bonds. The predicted octanol–water partition coefficient (Wildman–Crippen LogP) is 4.99. The molecule has 28 heavy (non-hydrogen) atoms. The van der Waals surface area contributed by atoms with Crippen molar-refractivity contribution >= 4 is 23.5 Å². The van der Waals surface area contributed by atoms with Crippen molar-refractivity contribution in [1.82, 2.24) is 4.90 Å². The topological polar surface area (TPSA) is 40.5 Å². The van der Waals surface area contributed by atoms with Crippen LogP contribution in [0.3, 0.4) is 0 Å². The molecule has 4 heteroatoms.